The van der Waals surface area contributed by atoms with Crippen molar-refractivity contribution in [2.24, 2.45) is 0 Å². The number of hydrogen-bond donors (Lipinski definition) is 0. The highest BCUT2D eigenvalue weighted by atomic mass is 16.5. The van der Waals surface area contributed by atoms with E-state index in [1.165, 1.54) is 49.8 Å². The Kier molecular flexibility index (Phi) is 11.7. The molecular formula is C15H31NO4. The number of carboxylic acid groups (broad SMARTS) is 1. The molecule has 0 N–H and O–H groups in total. The lowest BCUT2D eigenvalue weighted by Crippen LogP contribution is -2.41. The number of unbranched alkanes of at least 4 members (excludes halogenated alkanes) is 1. The summed E-state index contributed by atoms with van der Waals surface area (Å²) in [4.78, 5) is 9.81. The van der Waals surface area contributed by atoms with Crippen LogP contribution in [0, 0.1) is 0 Å². The van der Waals surface area contributed by atoms with Gasteiger partial charge in [0.25, 0.3) is 0 Å². The molecule has 0 aliphatic carbocycles. The minimum absolute atomic E-state index is 0.0519. The van der Waals surface area contributed by atoms with Crippen LogP contribution in [-0.2, 0) is 14.3 Å². The second kappa shape index (κ2) is 12.1. The van der Waals surface area contributed by atoms with Crippen molar-refractivity contribution in [2.45, 2.75) is 39.0 Å². The molecule has 0 aromatic heterocycles. The Labute approximate surface area is 123 Å². The number of quaternary nitrogens is 1. The number of carboxylic acids is 1. The van der Waals surface area contributed by atoms with Crippen LogP contribution in [0.4, 0.5) is 0 Å². The predicted octanol–water partition coefficient (Wildman–Crippen LogP) is 0.816. The van der Waals surface area contributed by atoms with Gasteiger partial charge >= 0.3 is 0 Å². The fourth-order valence-corrected chi connectivity index (χ4v) is 2.26. The maximum atomic E-state index is 9.81. The van der Waals surface area contributed by atoms with Gasteiger partial charge in [-0.3, -0.25) is 0 Å². The van der Waals surface area contributed by atoms with E-state index in [2.05, 4.69) is 18.7 Å². The lowest BCUT2D eigenvalue weighted by Gasteiger charge is -2.28. The van der Waals surface area contributed by atoms with Gasteiger partial charge in [-0.15, -0.1) is 0 Å². The highest BCUT2D eigenvalue weighted by molar-refractivity contribution is 5.64. The molecule has 0 unspecified atom stereocenters. The number of methoxy groups -OCH3 is 1. The van der Waals surface area contributed by atoms with E-state index >= 15 is 0 Å². The first-order valence-corrected chi connectivity index (χ1v) is 7.64. The molecule has 1 rings (SSSR count). The first kappa shape index (κ1) is 19.4. The molecule has 1 aliphatic rings. The Morgan fingerprint density at radius 2 is 1.85 bits per heavy atom. The smallest absolute Gasteiger partial charge is 0.0786 e. The monoisotopic (exact) mass is 289 g/mol. The average Bonchev–Trinajstić information content (AvgIpc) is 2.84. The molecule has 1 heterocycles. The van der Waals surface area contributed by atoms with Crippen LogP contribution in [0.3, 0.4) is 0 Å². The van der Waals surface area contributed by atoms with Crippen molar-refractivity contribution in [1.82, 2.24) is 0 Å². The quantitative estimate of drug-likeness (QED) is 0.466. The number of carbonyl (C=O) groups excluding carboxylic acids is 1. The van der Waals surface area contributed by atoms with Crippen LogP contribution >= 0.6 is 0 Å². The third-order valence-electron chi connectivity index (χ3n) is 3.58. The van der Waals surface area contributed by atoms with Gasteiger partial charge < -0.3 is 23.9 Å². The Morgan fingerprint density at radius 1 is 1.20 bits per heavy atom. The summed E-state index contributed by atoms with van der Waals surface area (Å²) in [5.74, 6) is -1.09. The summed E-state index contributed by atoms with van der Waals surface area (Å²) < 4.78 is 10.9. The summed E-state index contributed by atoms with van der Waals surface area (Å²) >= 11 is 0. The lowest BCUT2D eigenvalue weighted by atomic mass is 10.3. The maximum absolute atomic E-state index is 9.81. The first-order chi connectivity index (χ1) is 9.54. The van der Waals surface area contributed by atoms with Crippen LogP contribution in [0.15, 0.2) is 0 Å². The zero-order valence-corrected chi connectivity index (χ0v) is 13.4. The van der Waals surface area contributed by atoms with Gasteiger partial charge in [0.1, 0.15) is 0 Å². The SMILES string of the molecule is CCCC[N+]1(C)CCCC1.COCCOCCC(=O)[O-]. The Balaban J connectivity index is 0.000000361. The maximum Gasteiger partial charge on any atom is 0.0786 e. The molecule has 0 bridgehead atoms. The van der Waals surface area contributed by atoms with Crippen molar-refractivity contribution in [1.29, 1.82) is 0 Å². The van der Waals surface area contributed by atoms with E-state index in [4.69, 9.17) is 4.74 Å². The third-order valence-corrected chi connectivity index (χ3v) is 3.58. The largest absolute Gasteiger partial charge is 0.550 e. The van der Waals surface area contributed by atoms with Gasteiger partial charge in [-0.05, 0) is 6.42 Å². The van der Waals surface area contributed by atoms with E-state index in [-0.39, 0.29) is 13.0 Å². The van der Waals surface area contributed by atoms with Crippen molar-refractivity contribution in [3.8, 4) is 0 Å². The molecule has 1 aliphatic heterocycles. The molecule has 0 amide bonds. The topological polar surface area (TPSA) is 58.6 Å². The van der Waals surface area contributed by atoms with Gasteiger partial charge in [0, 0.05) is 32.3 Å². The van der Waals surface area contributed by atoms with E-state index in [9.17, 15) is 9.90 Å². The third kappa shape index (κ3) is 11.2. The predicted molar refractivity (Wildman–Crippen MR) is 77.2 cm³/mol. The number of hydrogen-bond acceptors (Lipinski definition) is 4. The van der Waals surface area contributed by atoms with Crippen molar-refractivity contribution in [3.63, 3.8) is 0 Å². The molecule has 0 saturated carbocycles. The Bertz CT molecular complexity index is 240. The summed E-state index contributed by atoms with van der Waals surface area (Å²) in [6.07, 6.45) is 5.63. The van der Waals surface area contributed by atoms with Gasteiger partial charge in [-0.25, -0.2) is 0 Å². The summed E-state index contributed by atoms with van der Waals surface area (Å²) in [5, 5.41) is 9.81. The molecule has 120 valence electrons. The van der Waals surface area contributed by atoms with E-state index in [0.717, 1.165) is 0 Å². The van der Waals surface area contributed by atoms with Gasteiger partial charge in [-0.1, -0.05) is 13.3 Å². The molecule has 5 nitrogen and oxygen atoms in total. The van der Waals surface area contributed by atoms with Gasteiger partial charge in [-0.2, -0.15) is 0 Å². The zero-order chi connectivity index (χ0) is 15.3. The van der Waals surface area contributed by atoms with Crippen molar-refractivity contribution in [3.05, 3.63) is 0 Å². The molecule has 0 radical (unpaired) electrons. The van der Waals surface area contributed by atoms with Crippen LogP contribution in [0.2, 0.25) is 0 Å². The summed E-state index contributed by atoms with van der Waals surface area (Å²) in [7, 11) is 3.96. The minimum Gasteiger partial charge on any atom is -0.550 e. The Hall–Kier alpha value is -0.650. The average molecular weight is 289 g/mol. The van der Waals surface area contributed by atoms with Crippen LogP contribution in [-0.4, -0.2) is 64.1 Å². The molecule has 1 fully saturated rings. The molecule has 1 saturated heterocycles. The van der Waals surface area contributed by atoms with Crippen LogP contribution in [0.5, 0.6) is 0 Å². The number of carbonyl (C=O) groups is 1. The van der Waals surface area contributed by atoms with Gasteiger partial charge in [0.05, 0.1) is 46.5 Å². The fraction of sp³-hybridized carbons (Fsp3) is 0.933. The number of nitrogens with zero attached hydrogens (tertiary/aromatic N) is 1. The minimum atomic E-state index is -1.09. The second-order valence-electron chi connectivity index (χ2n) is 5.58. The van der Waals surface area contributed by atoms with Crippen LogP contribution < -0.4 is 5.11 Å². The standard InChI is InChI=1S/C9H20N.C6H12O4/c1-3-4-7-10(2)8-5-6-9-10;1-9-4-5-10-3-2-6(7)8/h3-9H2,1-2H3;2-5H2,1H3,(H,7,8)/q+1;/p-1. The summed E-state index contributed by atoms with van der Waals surface area (Å²) in [6, 6.07) is 0. The van der Waals surface area contributed by atoms with E-state index in [1.54, 1.807) is 7.11 Å². The zero-order valence-electron chi connectivity index (χ0n) is 13.4. The molecule has 0 aromatic rings. The van der Waals surface area contributed by atoms with Crippen molar-refractivity contribution >= 4 is 5.97 Å². The molecule has 0 atom stereocenters. The first-order valence-electron chi connectivity index (χ1n) is 7.64. The number of rotatable bonds is 9. The Morgan fingerprint density at radius 3 is 2.35 bits per heavy atom. The molecule has 0 aromatic carbocycles. The van der Waals surface area contributed by atoms with Crippen molar-refractivity contribution < 1.29 is 23.9 Å². The van der Waals surface area contributed by atoms with Gasteiger partial charge in [0.2, 0.25) is 0 Å². The van der Waals surface area contributed by atoms with Crippen LogP contribution in [0.25, 0.3) is 0 Å². The normalized spacial score (nSPS) is 16.6. The fourth-order valence-electron chi connectivity index (χ4n) is 2.26. The van der Waals surface area contributed by atoms with E-state index < -0.39 is 5.97 Å². The van der Waals surface area contributed by atoms with Crippen molar-refractivity contribution in [2.75, 3.05) is 53.6 Å². The number of likely N-dealkylation sites (tertiary alicyclic amines) is 1. The molecule has 20 heavy (non-hydrogen) atoms. The van der Waals surface area contributed by atoms with Gasteiger partial charge in [0.15, 0.2) is 0 Å². The highest BCUT2D eigenvalue weighted by Gasteiger charge is 2.25. The number of ether oxygens (including phenoxy) is 2. The van der Waals surface area contributed by atoms with E-state index in [0.29, 0.717) is 13.2 Å². The highest BCUT2D eigenvalue weighted by Crippen LogP contribution is 2.16. The molecule has 0 spiro atoms. The molecular weight excluding hydrogens is 258 g/mol. The molecule has 5 heteroatoms. The summed E-state index contributed by atoms with van der Waals surface area (Å²) in [5.41, 5.74) is 0. The summed E-state index contributed by atoms with van der Waals surface area (Å²) in [6.45, 7) is 7.68. The van der Waals surface area contributed by atoms with E-state index in [1.807, 2.05) is 0 Å². The second-order valence-corrected chi connectivity index (χ2v) is 5.58. The lowest BCUT2D eigenvalue weighted by molar-refractivity contribution is -0.897. The number of aliphatic carboxylic acids is 1. The van der Waals surface area contributed by atoms with Crippen LogP contribution in [0.1, 0.15) is 39.0 Å².